The van der Waals surface area contributed by atoms with Crippen LogP contribution in [0.1, 0.15) is 57.6 Å². The fourth-order valence-corrected chi connectivity index (χ4v) is 4.93. The average molecular weight is 496 g/mol. The molecular formula is C26H30BrN3O2. The summed E-state index contributed by atoms with van der Waals surface area (Å²) >= 11 is 3.39. The van der Waals surface area contributed by atoms with Crippen LogP contribution < -0.4 is 15.0 Å². The Morgan fingerprint density at radius 3 is 2.75 bits per heavy atom. The molecule has 0 bridgehead atoms. The molecule has 1 atom stereocenters. The van der Waals surface area contributed by atoms with Crippen LogP contribution in [0.3, 0.4) is 0 Å². The van der Waals surface area contributed by atoms with Crippen LogP contribution in [0.2, 0.25) is 0 Å². The van der Waals surface area contributed by atoms with Crippen molar-refractivity contribution in [3.63, 3.8) is 0 Å². The van der Waals surface area contributed by atoms with Gasteiger partial charge in [0.05, 0.1) is 7.11 Å². The van der Waals surface area contributed by atoms with Crippen LogP contribution in [0.5, 0.6) is 5.75 Å². The summed E-state index contributed by atoms with van der Waals surface area (Å²) in [5, 5.41) is 12.5. The van der Waals surface area contributed by atoms with E-state index in [9.17, 15) is 10.1 Å². The van der Waals surface area contributed by atoms with Gasteiger partial charge in [-0.1, -0.05) is 35.8 Å². The van der Waals surface area contributed by atoms with E-state index in [1.165, 1.54) is 11.3 Å². The fourth-order valence-electron chi connectivity index (χ4n) is 4.53. The molecule has 0 saturated carbocycles. The molecule has 6 heteroatoms. The topological polar surface area (TPSA) is 65.4 Å². The van der Waals surface area contributed by atoms with Crippen molar-refractivity contribution in [2.75, 3.05) is 23.9 Å². The second-order valence-corrected chi connectivity index (χ2v) is 9.77. The number of methoxy groups -OCH3 is 1. The molecule has 168 valence electrons. The van der Waals surface area contributed by atoms with Crippen LogP contribution in [-0.4, -0.2) is 25.1 Å². The molecule has 2 aromatic carbocycles. The number of carbonyl (C=O) groups is 1. The van der Waals surface area contributed by atoms with E-state index in [-0.39, 0.29) is 11.1 Å². The predicted molar refractivity (Wildman–Crippen MR) is 134 cm³/mol. The van der Waals surface area contributed by atoms with E-state index in [1.54, 1.807) is 25.3 Å². The summed E-state index contributed by atoms with van der Waals surface area (Å²) in [6.45, 7) is 9.94. The van der Waals surface area contributed by atoms with Crippen LogP contribution in [0.25, 0.3) is 6.08 Å². The number of anilines is 2. The normalized spacial score (nSPS) is 17.3. The van der Waals surface area contributed by atoms with E-state index in [4.69, 9.17) is 4.74 Å². The molecule has 1 heterocycles. The first-order chi connectivity index (χ1) is 15.2. The summed E-state index contributed by atoms with van der Waals surface area (Å²) in [6, 6.07) is 13.4. The van der Waals surface area contributed by atoms with E-state index in [0.717, 1.165) is 29.4 Å². The fraction of sp³-hybridized carbons (Fsp3) is 0.385. The Morgan fingerprint density at radius 1 is 1.38 bits per heavy atom. The highest BCUT2D eigenvalue weighted by Gasteiger charge is 2.36. The standard InChI is InChI=1S/C26H30BrN3O2/c1-6-10-30-23-14-24(32-5)18(12-22(23)17(2)15-26(30,3)4)11-19(16-28)25(31)29-21-9-7-8-20(27)13-21/h7-9,11-14,17H,6,10,15H2,1-5H3,(H,29,31)/b19-11+. The summed E-state index contributed by atoms with van der Waals surface area (Å²) in [5.41, 5.74) is 3.81. The molecular weight excluding hydrogens is 466 g/mol. The molecule has 1 aliphatic heterocycles. The van der Waals surface area contributed by atoms with E-state index >= 15 is 0 Å². The maximum absolute atomic E-state index is 12.8. The van der Waals surface area contributed by atoms with Gasteiger partial charge in [0, 0.05) is 39.6 Å². The van der Waals surface area contributed by atoms with Gasteiger partial charge in [-0.2, -0.15) is 5.26 Å². The van der Waals surface area contributed by atoms with Crippen molar-refractivity contribution in [3.05, 3.63) is 57.6 Å². The second kappa shape index (κ2) is 9.79. The molecule has 1 N–H and O–H groups in total. The highest BCUT2D eigenvalue weighted by atomic mass is 79.9. The third-order valence-corrected chi connectivity index (χ3v) is 6.43. The summed E-state index contributed by atoms with van der Waals surface area (Å²) in [5.74, 6) is 0.553. The number of ether oxygens (including phenoxy) is 1. The summed E-state index contributed by atoms with van der Waals surface area (Å²) in [4.78, 5) is 15.2. The number of nitrogens with one attached hydrogen (secondary N) is 1. The largest absolute Gasteiger partial charge is 0.496 e. The monoisotopic (exact) mass is 495 g/mol. The lowest BCUT2D eigenvalue weighted by Gasteiger charge is -2.47. The van der Waals surface area contributed by atoms with Crippen LogP contribution in [0, 0.1) is 11.3 Å². The minimum Gasteiger partial charge on any atom is -0.496 e. The van der Waals surface area contributed by atoms with Crippen molar-refractivity contribution < 1.29 is 9.53 Å². The number of carbonyl (C=O) groups excluding carboxylic acids is 1. The van der Waals surface area contributed by atoms with Crippen molar-refractivity contribution >= 4 is 39.3 Å². The van der Waals surface area contributed by atoms with Crippen molar-refractivity contribution in [3.8, 4) is 11.8 Å². The van der Waals surface area contributed by atoms with Gasteiger partial charge in [0.25, 0.3) is 5.91 Å². The molecule has 0 aromatic heterocycles. The molecule has 0 radical (unpaired) electrons. The predicted octanol–water partition coefficient (Wildman–Crippen LogP) is 6.51. The molecule has 2 aromatic rings. The van der Waals surface area contributed by atoms with E-state index < -0.39 is 5.91 Å². The first-order valence-corrected chi connectivity index (χ1v) is 11.7. The number of nitrogens with zero attached hydrogens (tertiary/aromatic N) is 2. The van der Waals surface area contributed by atoms with E-state index in [0.29, 0.717) is 17.4 Å². The molecule has 0 aliphatic carbocycles. The minimum absolute atomic E-state index is 0.0254. The molecule has 3 rings (SSSR count). The maximum Gasteiger partial charge on any atom is 0.266 e. The van der Waals surface area contributed by atoms with Gasteiger partial charge in [0.2, 0.25) is 0 Å². The maximum atomic E-state index is 12.8. The lowest BCUT2D eigenvalue weighted by Crippen LogP contribution is -2.48. The van der Waals surface area contributed by atoms with Crippen LogP contribution in [0.15, 0.2) is 46.4 Å². The third kappa shape index (κ3) is 4.99. The zero-order valence-corrected chi connectivity index (χ0v) is 20.9. The van der Waals surface area contributed by atoms with Gasteiger partial charge >= 0.3 is 0 Å². The number of amides is 1. The lowest BCUT2D eigenvalue weighted by molar-refractivity contribution is -0.112. The minimum atomic E-state index is -0.452. The van der Waals surface area contributed by atoms with Gasteiger partial charge in [-0.3, -0.25) is 4.79 Å². The van der Waals surface area contributed by atoms with Gasteiger partial charge in [-0.05, 0) is 68.5 Å². The van der Waals surface area contributed by atoms with Gasteiger partial charge in [0.1, 0.15) is 17.4 Å². The molecule has 1 amide bonds. The number of hydrogen-bond donors (Lipinski definition) is 1. The van der Waals surface area contributed by atoms with Crippen LogP contribution in [0.4, 0.5) is 11.4 Å². The molecule has 0 fully saturated rings. The second-order valence-electron chi connectivity index (χ2n) is 8.86. The number of halogens is 1. The summed E-state index contributed by atoms with van der Waals surface area (Å²) in [6.07, 6.45) is 3.70. The van der Waals surface area contributed by atoms with Gasteiger partial charge in [-0.15, -0.1) is 0 Å². The average Bonchev–Trinajstić information content (AvgIpc) is 2.74. The van der Waals surface area contributed by atoms with Crippen molar-refractivity contribution in [2.45, 2.75) is 52.0 Å². The number of benzene rings is 2. The number of rotatable bonds is 6. The van der Waals surface area contributed by atoms with Crippen LogP contribution >= 0.6 is 15.9 Å². The Bertz CT molecular complexity index is 1080. The number of fused-ring (bicyclic) bond motifs is 1. The van der Waals surface area contributed by atoms with Crippen molar-refractivity contribution in [2.24, 2.45) is 0 Å². The van der Waals surface area contributed by atoms with Gasteiger partial charge in [0.15, 0.2) is 0 Å². The summed E-state index contributed by atoms with van der Waals surface area (Å²) in [7, 11) is 1.62. The number of nitriles is 1. The van der Waals surface area contributed by atoms with Gasteiger partial charge in [-0.25, -0.2) is 0 Å². The van der Waals surface area contributed by atoms with E-state index in [1.807, 2.05) is 18.2 Å². The highest BCUT2D eigenvalue weighted by Crippen LogP contribution is 2.46. The molecule has 1 aliphatic rings. The summed E-state index contributed by atoms with van der Waals surface area (Å²) < 4.78 is 6.53. The smallest absolute Gasteiger partial charge is 0.266 e. The van der Waals surface area contributed by atoms with E-state index in [2.05, 4.69) is 66.0 Å². The van der Waals surface area contributed by atoms with Crippen molar-refractivity contribution in [1.29, 1.82) is 5.26 Å². The van der Waals surface area contributed by atoms with Crippen molar-refractivity contribution in [1.82, 2.24) is 0 Å². The molecule has 0 spiro atoms. The molecule has 5 nitrogen and oxygen atoms in total. The molecule has 0 saturated heterocycles. The Hall–Kier alpha value is -2.78. The molecule has 32 heavy (non-hydrogen) atoms. The Morgan fingerprint density at radius 2 is 2.12 bits per heavy atom. The zero-order chi connectivity index (χ0) is 23.5. The highest BCUT2D eigenvalue weighted by molar-refractivity contribution is 9.10. The van der Waals surface area contributed by atoms with Crippen LogP contribution in [-0.2, 0) is 4.79 Å². The quantitative estimate of drug-likeness (QED) is 0.366. The Kier molecular flexibility index (Phi) is 7.30. The first-order valence-electron chi connectivity index (χ1n) is 10.9. The van der Waals surface area contributed by atoms with Gasteiger partial charge < -0.3 is 15.0 Å². The Balaban J connectivity index is 2.02. The Labute approximate surface area is 199 Å². The first kappa shape index (κ1) is 23.9. The SMILES string of the molecule is CCCN1c2cc(OC)c(/C=C(\C#N)C(=O)Nc3cccc(Br)c3)cc2C(C)CC1(C)C. The number of hydrogen-bond acceptors (Lipinski definition) is 4. The molecule has 1 unspecified atom stereocenters. The lowest BCUT2D eigenvalue weighted by atomic mass is 9.79. The zero-order valence-electron chi connectivity index (χ0n) is 19.3. The third-order valence-electron chi connectivity index (χ3n) is 5.93.